The second-order valence-electron chi connectivity index (χ2n) is 3.68. The molecule has 14 heavy (non-hydrogen) atoms. The van der Waals surface area contributed by atoms with Crippen LogP contribution in [0.2, 0.25) is 0 Å². The fraction of sp³-hybridized carbons (Fsp3) is 0.600. The van der Waals surface area contributed by atoms with E-state index in [-0.39, 0.29) is 12.1 Å². The summed E-state index contributed by atoms with van der Waals surface area (Å²) in [5.41, 5.74) is 1.10. The Kier molecular flexibility index (Phi) is 4.57. The Morgan fingerprint density at radius 1 is 1.64 bits per heavy atom. The second-order valence-corrected chi connectivity index (χ2v) is 5.98. The number of thiophene rings is 1. The topological polar surface area (TPSA) is 32.3 Å². The third-order valence-corrected chi connectivity index (χ3v) is 4.02. The summed E-state index contributed by atoms with van der Waals surface area (Å²) in [5.74, 6) is 0. The van der Waals surface area contributed by atoms with Crippen LogP contribution in [0.3, 0.4) is 0 Å². The van der Waals surface area contributed by atoms with Gasteiger partial charge in [-0.05, 0) is 46.3 Å². The van der Waals surface area contributed by atoms with Gasteiger partial charge in [0.25, 0.3) is 0 Å². The maximum absolute atomic E-state index is 9.20. The highest BCUT2D eigenvalue weighted by Gasteiger charge is 2.19. The van der Waals surface area contributed by atoms with E-state index in [2.05, 4.69) is 39.6 Å². The molecule has 1 rings (SSSR count). The molecular formula is C10H16BrNOS. The number of aliphatic hydroxyl groups excluding tert-OH is 1. The highest BCUT2D eigenvalue weighted by molar-refractivity contribution is 9.11. The fourth-order valence-electron chi connectivity index (χ4n) is 1.05. The van der Waals surface area contributed by atoms with Gasteiger partial charge in [-0.1, -0.05) is 6.92 Å². The molecule has 0 amide bonds. The van der Waals surface area contributed by atoms with Crippen LogP contribution in [-0.2, 0) is 6.54 Å². The van der Waals surface area contributed by atoms with Crippen LogP contribution in [0.25, 0.3) is 0 Å². The molecule has 4 heteroatoms. The summed E-state index contributed by atoms with van der Waals surface area (Å²) in [6.45, 7) is 5.10. The average Bonchev–Trinajstić information content (AvgIpc) is 2.61. The molecule has 0 fully saturated rings. The summed E-state index contributed by atoms with van der Waals surface area (Å²) >= 11 is 5.11. The molecule has 1 aromatic rings. The molecule has 0 aliphatic carbocycles. The zero-order chi connectivity index (χ0) is 10.6. The van der Waals surface area contributed by atoms with Crippen LogP contribution in [0, 0.1) is 0 Å². The molecule has 0 spiro atoms. The van der Waals surface area contributed by atoms with Crippen LogP contribution in [0.4, 0.5) is 0 Å². The third-order valence-electron chi connectivity index (χ3n) is 2.47. The SMILES string of the molecule is CC[C@](C)(CO)NCc1csc(Br)c1. The van der Waals surface area contributed by atoms with Crippen molar-refractivity contribution in [3.63, 3.8) is 0 Å². The first-order chi connectivity index (χ1) is 6.59. The van der Waals surface area contributed by atoms with Gasteiger partial charge in [0.1, 0.15) is 0 Å². The molecule has 1 aromatic heterocycles. The van der Waals surface area contributed by atoms with Crippen LogP contribution < -0.4 is 5.32 Å². The Morgan fingerprint density at radius 2 is 2.36 bits per heavy atom. The lowest BCUT2D eigenvalue weighted by Gasteiger charge is -2.27. The summed E-state index contributed by atoms with van der Waals surface area (Å²) in [7, 11) is 0. The zero-order valence-corrected chi connectivity index (χ0v) is 10.9. The van der Waals surface area contributed by atoms with E-state index in [1.807, 2.05) is 6.92 Å². The number of aliphatic hydroxyl groups is 1. The van der Waals surface area contributed by atoms with Gasteiger partial charge in [-0.25, -0.2) is 0 Å². The third kappa shape index (κ3) is 3.35. The van der Waals surface area contributed by atoms with Gasteiger partial charge in [0.05, 0.1) is 10.4 Å². The lowest BCUT2D eigenvalue weighted by molar-refractivity contribution is 0.169. The molecule has 1 atom stereocenters. The normalized spacial score (nSPS) is 15.4. The van der Waals surface area contributed by atoms with Gasteiger partial charge in [0.15, 0.2) is 0 Å². The van der Waals surface area contributed by atoms with Crippen molar-refractivity contribution in [3.8, 4) is 0 Å². The summed E-state index contributed by atoms with van der Waals surface area (Å²) in [5, 5.41) is 14.7. The molecule has 0 aliphatic heterocycles. The molecule has 1 heterocycles. The van der Waals surface area contributed by atoms with Gasteiger partial charge >= 0.3 is 0 Å². The molecule has 2 N–H and O–H groups in total. The van der Waals surface area contributed by atoms with Crippen molar-refractivity contribution in [1.29, 1.82) is 0 Å². The van der Waals surface area contributed by atoms with E-state index < -0.39 is 0 Å². The van der Waals surface area contributed by atoms with Crippen molar-refractivity contribution in [2.24, 2.45) is 0 Å². The second kappa shape index (κ2) is 5.26. The van der Waals surface area contributed by atoms with Gasteiger partial charge < -0.3 is 10.4 Å². The van der Waals surface area contributed by atoms with Crippen LogP contribution in [0.5, 0.6) is 0 Å². The summed E-state index contributed by atoms with van der Waals surface area (Å²) < 4.78 is 1.15. The van der Waals surface area contributed by atoms with E-state index in [4.69, 9.17) is 0 Å². The molecule has 0 radical (unpaired) electrons. The number of halogens is 1. The van der Waals surface area contributed by atoms with E-state index in [0.717, 1.165) is 16.8 Å². The van der Waals surface area contributed by atoms with Gasteiger partial charge in [-0.2, -0.15) is 0 Å². The number of nitrogens with one attached hydrogen (secondary N) is 1. The van der Waals surface area contributed by atoms with E-state index in [9.17, 15) is 5.11 Å². The maximum Gasteiger partial charge on any atom is 0.0701 e. The predicted octanol–water partition coefficient (Wildman–Crippen LogP) is 2.76. The van der Waals surface area contributed by atoms with Gasteiger partial charge in [0.2, 0.25) is 0 Å². The van der Waals surface area contributed by atoms with E-state index in [1.54, 1.807) is 11.3 Å². The average molecular weight is 278 g/mol. The van der Waals surface area contributed by atoms with E-state index >= 15 is 0 Å². The Hall–Kier alpha value is 0.100. The lowest BCUT2D eigenvalue weighted by atomic mass is 10.0. The van der Waals surface area contributed by atoms with Crippen LogP contribution in [-0.4, -0.2) is 17.3 Å². The highest BCUT2D eigenvalue weighted by Crippen LogP contribution is 2.21. The summed E-state index contributed by atoms with van der Waals surface area (Å²) in [6, 6.07) is 2.10. The van der Waals surface area contributed by atoms with Crippen molar-refractivity contribution in [1.82, 2.24) is 5.32 Å². The predicted molar refractivity (Wildman–Crippen MR) is 64.6 cm³/mol. The van der Waals surface area contributed by atoms with Crippen molar-refractivity contribution in [3.05, 3.63) is 20.8 Å². The number of rotatable bonds is 5. The molecule has 2 nitrogen and oxygen atoms in total. The van der Waals surface area contributed by atoms with Crippen LogP contribution in [0.15, 0.2) is 15.2 Å². The van der Waals surface area contributed by atoms with Crippen molar-refractivity contribution >= 4 is 27.3 Å². The molecule has 0 saturated carbocycles. The Bertz CT molecular complexity index is 283. The molecule has 0 bridgehead atoms. The molecule has 80 valence electrons. The molecular weight excluding hydrogens is 262 g/mol. The van der Waals surface area contributed by atoms with Gasteiger partial charge in [-0.3, -0.25) is 0 Å². The maximum atomic E-state index is 9.20. The first-order valence-electron chi connectivity index (χ1n) is 4.68. The minimum atomic E-state index is -0.158. The van der Waals surface area contributed by atoms with Crippen molar-refractivity contribution in [2.75, 3.05) is 6.61 Å². The Labute approximate surface area is 97.5 Å². The zero-order valence-electron chi connectivity index (χ0n) is 8.51. The summed E-state index contributed by atoms with van der Waals surface area (Å²) in [4.78, 5) is 0. The van der Waals surface area contributed by atoms with Crippen molar-refractivity contribution < 1.29 is 5.11 Å². The fourth-order valence-corrected chi connectivity index (χ4v) is 2.26. The lowest BCUT2D eigenvalue weighted by Crippen LogP contribution is -2.44. The molecule has 0 unspecified atom stereocenters. The van der Waals surface area contributed by atoms with E-state index in [0.29, 0.717) is 0 Å². The first-order valence-corrected chi connectivity index (χ1v) is 6.36. The van der Waals surface area contributed by atoms with Crippen molar-refractivity contribution in [2.45, 2.75) is 32.4 Å². The standard InChI is InChI=1S/C10H16BrNOS/c1-3-10(2,7-13)12-5-8-4-9(11)14-6-8/h4,6,12-13H,3,5,7H2,1-2H3/t10-/m1/s1. The minimum Gasteiger partial charge on any atom is -0.394 e. The monoisotopic (exact) mass is 277 g/mol. The molecule has 0 aromatic carbocycles. The minimum absolute atomic E-state index is 0.158. The smallest absolute Gasteiger partial charge is 0.0701 e. The molecule has 0 aliphatic rings. The van der Waals surface area contributed by atoms with Gasteiger partial charge in [-0.15, -0.1) is 11.3 Å². The quantitative estimate of drug-likeness (QED) is 0.868. The highest BCUT2D eigenvalue weighted by atomic mass is 79.9. The Morgan fingerprint density at radius 3 is 2.79 bits per heavy atom. The largest absolute Gasteiger partial charge is 0.394 e. The van der Waals surface area contributed by atoms with Gasteiger partial charge in [0, 0.05) is 12.1 Å². The number of hydrogen-bond acceptors (Lipinski definition) is 3. The summed E-state index contributed by atoms with van der Waals surface area (Å²) in [6.07, 6.45) is 0.925. The van der Waals surface area contributed by atoms with E-state index in [1.165, 1.54) is 5.56 Å². The van der Waals surface area contributed by atoms with Crippen LogP contribution >= 0.6 is 27.3 Å². The first kappa shape index (κ1) is 12.2. The molecule has 0 saturated heterocycles. The van der Waals surface area contributed by atoms with Crippen LogP contribution in [0.1, 0.15) is 25.8 Å². The number of hydrogen-bond donors (Lipinski definition) is 2. The Balaban J connectivity index is 2.47.